The standard InChI is InChI=1S/C27H22FN7/c1-15(2)31-19-11-17(13-29-14-19)21-7-8-23-26(33-21)27(35-34-23)24-12-20-22(32-24)9-10-30-25(20)16-3-5-18(28)6-4-16/h3-15,31-32H,1-2H3,(H,34,35). The van der Waals surface area contributed by atoms with Crippen LogP contribution >= 0.6 is 0 Å². The molecular weight excluding hydrogens is 441 g/mol. The summed E-state index contributed by atoms with van der Waals surface area (Å²) in [6.45, 7) is 4.18. The van der Waals surface area contributed by atoms with E-state index in [1.165, 1.54) is 12.1 Å². The van der Waals surface area contributed by atoms with Crippen LogP contribution in [0.25, 0.3) is 55.8 Å². The van der Waals surface area contributed by atoms with Gasteiger partial charge in [-0.15, -0.1) is 0 Å². The summed E-state index contributed by atoms with van der Waals surface area (Å²) in [5.74, 6) is -0.277. The molecule has 172 valence electrons. The van der Waals surface area contributed by atoms with E-state index < -0.39 is 0 Å². The second kappa shape index (κ2) is 8.32. The maximum atomic E-state index is 13.4. The van der Waals surface area contributed by atoms with Crippen molar-refractivity contribution in [1.82, 2.24) is 30.1 Å². The number of pyridine rings is 3. The second-order valence-corrected chi connectivity index (χ2v) is 8.74. The lowest BCUT2D eigenvalue weighted by molar-refractivity contribution is 0.628. The third-order valence-electron chi connectivity index (χ3n) is 5.82. The molecule has 6 aromatic rings. The fourth-order valence-electron chi connectivity index (χ4n) is 4.26. The fraction of sp³-hybridized carbons (Fsp3) is 0.111. The van der Waals surface area contributed by atoms with Crippen molar-refractivity contribution >= 4 is 27.6 Å². The molecule has 0 amide bonds. The van der Waals surface area contributed by atoms with Gasteiger partial charge in [0.1, 0.15) is 17.0 Å². The third-order valence-corrected chi connectivity index (χ3v) is 5.82. The van der Waals surface area contributed by atoms with E-state index in [0.29, 0.717) is 11.7 Å². The van der Waals surface area contributed by atoms with Crippen molar-refractivity contribution in [3.8, 4) is 33.9 Å². The Kier molecular flexibility index (Phi) is 4.99. The van der Waals surface area contributed by atoms with Crippen molar-refractivity contribution in [3.05, 3.63) is 79.0 Å². The molecule has 5 aromatic heterocycles. The van der Waals surface area contributed by atoms with Gasteiger partial charge in [-0.1, -0.05) is 0 Å². The SMILES string of the molecule is CC(C)Nc1cncc(-c2ccc3[nH]nc(-c4cc5c(-c6ccc(F)cc6)nccc5[nH]4)c3n2)c1. The van der Waals surface area contributed by atoms with Crippen LogP contribution in [0.2, 0.25) is 0 Å². The highest BCUT2D eigenvalue weighted by Crippen LogP contribution is 2.33. The minimum absolute atomic E-state index is 0.277. The Labute approximate surface area is 200 Å². The van der Waals surface area contributed by atoms with Gasteiger partial charge in [0, 0.05) is 46.7 Å². The molecule has 0 fully saturated rings. The molecule has 0 aliphatic carbocycles. The van der Waals surface area contributed by atoms with Gasteiger partial charge in [-0.05, 0) is 68.4 Å². The molecule has 0 aliphatic rings. The number of fused-ring (bicyclic) bond motifs is 2. The lowest BCUT2D eigenvalue weighted by Gasteiger charge is -2.10. The number of hydrogen-bond acceptors (Lipinski definition) is 5. The molecule has 0 aliphatic heterocycles. The van der Waals surface area contributed by atoms with Gasteiger partial charge in [0.25, 0.3) is 0 Å². The number of aromatic amines is 2. The van der Waals surface area contributed by atoms with Crippen LogP contribution in [0, 0.1) is 5.82 Å². The number of H-pyrrole nitrogens is 2. The summed E-state index contributed by atoms with van der Waals surface area (Å²) in [7, 11) is 0. The topological polar surface area (TPSA) is 95.2 Å². The Morgan fingerprint density at radius 2 is 1.74 bits per heavy atom. The zero-order chi connectivity index (χ0) is 23.9. The van der Waals surface area contributed by atoms with Crippen LogP contribution in [0.4, 0.5) is 10.1 Å². The Bertz CT molecular complexity index is 1670. The fourth-order valence-corrected chi connectivity index (χ4v) is 4.26. The van der Waals surface area contributed by atoms with Crippen molar-refractivity contribution in [1.29, 1.82) is 0 Å². The molecule has 0 atom stereocenters. The summed E-state index contributed by atoms with van der Waals surface area (Å²) in [5, 5.41) is 11.9. The largest absolute Gasteiger partial charge is 0.382 e. The number of nitrogens with zero attached hydrogens (tertiary/aromatic N) is 4. The van der Waals surface area contributed by atoms with E-state index in [0.717, 1.165) is 55.8 Å². The van der Waals surface area contributed by atoms with Gasteiger partial charge < -0.3 is 10.3 Å². The van der Waals surface area contributed by atoms with E-state index in [1.807, 2.05) is 42.7 Å². The number of hydrogen-bond donors (Lipinski definition) is 3. The zero-order valence-corrected chi connectivity index (χ0v) is 19.2. The molecule has 0 spiro atoms. The van der Waals surface area contributed by atoms with Gasteiger partial charge in [-0.25, -0.2) is 9.37 Å². The minimum atomic E-state index is -0.277. The number of benzene rings is 1. The van der Waals surface area contributed by atoms with Gasteiger partial charge in [-0.3, -0.25) is 15.1 Å². The predicted octanol–water partition coefficient (Wildman–Crippen LogP) is 6.19. The molecule has 5 heterocycles. The molecule has 3 N–H and O–H groups in total. The average molecular weight is 464 g/mol. The first-order valence-electron chi connectivity index (χ1n) is 11.4. The molecule has 0 bridgehead atoms. The molecule has 0 saturated heterocycles. The Balaban J connectivity index is 1.44. The molecule has 8 heteroatoms. The van der Waals surface area contributed by atoms with E-state index in [1.54, 1.807) is 18.3 Å². The highest BCUT2D eigenvalue weighted by atomic mass is 19.1. The summed E-state index contributed by atoms with van der Waals surface area (Å²) in [6, 6.07) is 16.6. The normalized spacial score (nSPS) is 11.5. The van der Waals surface area contributed by atoms with Gasteiger partial charge in [-0.2, -0.15) is 5.10 Å². The summed E-state index contributed by atoms with van der Waals surface area (Å²) >= 11 is 0. The molecule has 6 rings (SSSR count). The van der Waals surface area contributed by atoms with Crippen LogP contribution in [-0.4, -0.2) is 36.2 Å². The number of halogens is 1. The minimum Gasteiger partial charge on any atom is -0.382 e. The summed E-state index contributed by atoms with van der Waals surface area (Å²) < 4.78 is 13.4. The van der Waals surface area contributed by atoms with Gasteiger partial charge in [0.2, 0.25) is 0 Å². The van der Waals surface area contributed by atoms with Crippen molar-refractivity contribution in [2.45, 2.75) is 19.9 Å². The Morgan fingerprint density at radius 3 is 2.57 bits per heavy atom. The van der Waals surface area contributed by atoms with Crippen molar-refractivity contribution in [2.24, 2.45) is 0 Å². The summed E-state index contributed by atoms with van der Waals surface area (Å²) in [4.78, 5) is 17.3. The van der Waals surface area contributed by atoms with Crippen LogP contribution in [0.3, 0.4) is 0 Å². The molecule has 35 heavy (non-hydrogen) atoms. The van der Waals surface area contributed by atoms with Crippen LogP contribution in [-0.2, 0) is 0 Å². The summed E-state index contributed by atoms with van der Waals surface area (Å²) in [6.07, 6.45) is 5.36. The first-order valence-corrected chi connectivity index (χ1v) is 11.4. The van der Waals surface area contributed by atoms with Crippen molar-refractivity contribution in [2.75, 3.05) is 5.32 Å². The highest BCUT2D eigenvalue weighted by Gasteiger charge is 2.16. The zero-order valence-electron chi connectivity index (χ0n) is 19.2. The maximum Gasteiger partial charge on any atom is 0.135 e. The van der Waals surface area contributed by atoms with Crippen molar-refractivity contribution < 1.29 is 4.39 Å². The molecule has 7 nitrogen and oxygen atoms in total. The molecule has 0 radical (unpaired) electrons. The first-order chi connectivity index (χ1) is 17.0. The van der Waals surface area contributed by atoms with Crippen LogP contribution in [0.5, 0.6) is 0 Å². The van der Waals surface area contributed by atoms with E-state index in [4.69, 9.17) is 4.98 Å². The quantitative estimate of drug-likeness (QED) is 0.283. The second-order valence-electron chi connectivity index (χ2n) is 8.74. The average Bonchev–Trinajstić information content (AvgIpc) is 3.48. The van der Waals surface area contributed by atoms with Crippen molar-refractivity contribution in [3.63, 3.8) is 0 Å². The lowest BCUT2D eigenvalue weighted by Crippen LogP contribution is -2.09. The van der Waals surface area contributed by atoms with Crippen LogP contribution in [0.1, 0.15) is 13.8 Å². The predicted molar refractivity (Wildman–Crippen MR) is 136 cm³/mol. The van der Waals surface area contributed by atoms with E-state index in [9.17, 15) is 4.39 Å². The molecular formula is C27H22FN7. The lowest BCUT2D eigenvalue weighted by atomic mass is 10.1. The number of aromatic nitrogens is 6. The number of rotatable bonds is 5. The summed E-state index contributed by atoms with van der Waals surface area (Å²) in [5.41, 5.74) is 8.34. The number of anilines is 1. The van der Waals surface area contributed by atoms with Crippen LogP contribution < -0.4 is 5.32 Å². The number of nitrogens with one attached hydrogen (secondary N) is 3. The van der Waals surface area contributed by atoms with Gasteiger partial charge in [0.15, 0.2) is 0 Å². The Morgan fingerprint density at radius 1 is 0.886 bits per heavy atom. The van der Waals surface area contributed by atoms with E-state index in [-0.39, 0.29) is 5.82 Å². The highest BCUT2D eigenvalue weighted by molar-refractivity contribution is 5.99. The van der Waals surface area contributed by atoms with E-state index in [2.05, 4.69) is 44.3 Å². The van der Waals surface area contributed by atoms with Gasteiger partial charge in [0.05, 0.1) is 28.3 Å². The van der Waals surface area contributed by atoms with Gasteiger partial charge >= 0.3 is 0 Å². The van der Waals surface area contributed by atoms with E-state index >= 15 is 0 Å². The monoisotopic (exact) mass is 463 g/mol. The molecule has 0 saturated carbocycles. The molecule has 1 aromatic carbocycles. The maximum absolute atomic E-state index is 13.4. The third kappa shape index (κ3) is 3.89. The van der Waals surface area contributed by atoms with Crippen LogP contribution in [0.15, 0.2) is 73.2 Å². The smallest absolute Gasteiger partial charge is 0.135 e. The Hall–Kier alpha value is -4.59. The molecule has 0 unspecified atom stereocenters. The first kappa shape index (κ1) is 21.0.